The lowest BCUT2D eigenvalue weighted by Crippen LogP contribution is -2.24. The molecule has 1 aliphatic carbocycles. The summed E-state index contributed by atoms with van der Waals surface area (Å²) in [5.74, 6) is 0.306. The number of carbonyl (C=O) groups excluding carboxylic acids is 1. The van der Waals surface area contributed by atoms with Crippen molar-refractivity contribution in [2.45, 2.75) is 45.4 Å². The Bertz CT molecular complexity index is 581. The molecule has 1 fully saturated rings. The molecule has 25 heavy (non-hydrogen) atoms. The van der Waals surface area contributed by atoms with Crippen molar-refractivity contribution in [1.29, 1.82) is 0 Å². The van der Waals surface area contributed by atoms with Gasteiger partial charge in [0.05, 0.1) is 6.61 Å². The van der Waals surface area contributed by atoms with Crippen molar-refractivity contribution >= 4 is 11.9 Å². The molecular formula is C19H27NO5. The molecule has 1 aromatic rings. The van der Waals surface area contributed by atoms with Gasteiger partial charge in [-0.2, -0.15) is 0 Å². The molecule has 0 radical (unpaired) electrons. The van der Waals surface area contributed by atoms with Crippen LogP contribution >= 0.6 is 0 Å². The highest BCUT2D eigenvalue weighted by Gasteiger charge is 2.15. The first-order valence-electron chi connectivity index (χ1n) is 8.99. The number of aliphatic carboxylic acids is 1. The highest BCUT2D eigenvalue weighted by atomic mass is 16.5. The molecule has 0 aliphatic heterocycles. The van der Waals surface area contributed by atoms with E-state index in [1.807, 2.05) is 6.92 Å². The summed E-state index contributed by atoms with van der Waals surface area (Å²) in [7, 11) is 0. The normalized spacial score (nSPS) is 14.3. The molecule has 0 spiro atoms. The van der Waals surface area contributed by atoms with Gasteiger partial charge < -0.3 is 19.9 Å². The summed E-state index contributed by atoms with van der Waals surface area (Å²) in [6.07, 6.45) is 7.50. The molecule has 0 heterocycles. The number of amides is 1. The van der Waals surface area contributed by atoms with Gasteiger partial charge in [0.15, 0.2) is 18.1 Å². The van der Waals surface area contributed by atoms with Crippen LogP contribution in [-0.4, -0.2) is 36.7 Å². The fourth-order valence-corrected chi connectivity index (χ4v) is 3.17. The first-order chi connectivity index (χ1) is 12.1. The number of benzene rings is 1. The molecule has 2 N–H and O–H groups in total. The number of carboxylic acids is 1. The van der Waals surface area contributed by atoms with E-state index in [0.29, 0.717) is 30.2 Å². The van der Waals surface area contributed by atoms with Crippen LogP contribution in [0.2, 0.25) is 0 Å². The highest BCUT2D eigenvalue weighted by molar-refractivity contribution is 5.94. The third-order valence-electron chi connectivity index (χ3n) is 4.41. The number of hydrogen-bond acceptors (Lipinski definition) is 4. The van der Waals surface area contributed by atoms with Crippen molar-refractivity contribution in [3.05, 3.63) is 23.8 Å². The number of carboxylic acid groups (broad SMARTS) is 1. The largest absolute Gasteiger partial charge is 0.490 e. The lowest BCUT2D eigenvalue weighted by atomic mass is 10.0. The van der Waals surface area contributed by atoms with Crippen molar-refractivity contribution in [3.8, 4) is 11.5 Å². The minimum absolute atomic E-state index is 0.155. The zero-order valence-corrected chi connectivity index (χ0v) is 14.8. The molecule has 1 amide bonds. The van der Waals surface area contributed by atoms with E-state index in [2.05, 4.69) is 5.32 Å². The van der Waals surface area contributed by atoms with Crippen molar-refractivity contribution in [1.82, 2.24) is 5.32 Å². The Kier molecular flexibility index (Phi) is 7.57. The number of hydrogen-bond donors (Lipinski definition) is 2. The van der Waals surface area contributed by atoms with E-state index >= 15 is 0 Å². The van der Waals surface area contributed by atoms with Gasteiger partial charge in [-0.15, -0.1) is 0 Å². The summed E-state index contributed by atoms with van der Waals surface area (Å²) in [5, 5.41) is 11.6. The SMILES string of the molecule is CCOc1cc(C(=O)NCCCC2CCCC2)ccc1OCC(=O)O. The lowest BCUT2D eigenvalue weighted by molar-refractivity contribution is -0.139. The molecule has 1 aromatic carbocycles. The maximum Gasteiger partial charge on any atom is 0.341 e. The third kappa shape index (κ3) is 6.29. The van der Waals surface area contributed by atoms with Crippen LogP contribution in [-0.2, 0) is 4.79 Å². The van der Waals surface area contributed by atoms with E-state index in [1.165, 1.54) is 32.1 Å². The Balaban J connectivity index is 1.87. The second kappa shape index (κ2) is 9.91. The summed E-state index contributed by atoms with van der Waals surface area (Å²) in [5.41, 5.74) is 0.479. The second-order valence-corrected chi connectivity index (χ2v) is 6.33. The minimum atomic E-state index is -1.06. The molecule has 1 aliphatic rings. The van der Waals surface area contributed by atoms with E-state index in [0.717, 1.165) is 12.3 Å². The lowest BCUT2D eigenvalue weighted by Gasteiger charge is -2.13. The topological polar surface area (TPSA) is 84.9 Å². The fraction of sp³-hybridized carbons (Fsp3) is 0.579. The maximum atomic E-state index is 12.3. The molecule has 6 heteroatoms. The zero-order chi connectivity index (χ0) is 18.1. The average Bonchev–Trinajstić information content (AvgIpc) is 3.11. The van der Waals surface area contributed by atoms with E-state index in [9.17, 15) is 9.59 Å². The van der Waals surface area contributed by atoms with Gasteiger partial charge in [-0.1, -0.05) is 25.7 Å². The van der Waals surface area contributed by atoms with E-state index in [1.54, 1.807) is 18.2 Å². The van der Waals surface area contributed by atoms with Crippen molar-refractivity contribution in [2.24, 2.45) is 5.92 Å². The van der Waals surface area contributed by atoms with Gasteiger partial charge in [-0.3, -0.25) is 4.79 Å². The zero-order valence-electron chi connectivity index (χ0n) is 14.8. The van der Waals surface area contributed by atoms with Gasteiger partial charge >= 0.3 is 5.97 Å². The van der Waals surface area contributed by atoms with Crippen molar-refractivity contribution in [2.75, 3.05) is 19.8 Å². The summed E-state index contributed by atoms with van der Waals surface area (Å²) in [4.78, 5) is 22.9. The van der Waals surface area contributed by atoms with Crippen LogP contribution in [0.25, 0.3) is 0 Å². The number of ether oxygens (including phenoxy) is 2. The third-order valence-corrected chi connectivity index (χ3v) is 4.41. The molecule has 0 saturated heterocycles. The van der Waals surface area contributed by atoms with Crippen LogP contribution in [0.5, 0.6) is 11.5 Å². The van der Waals surface area contributed by atoms with Crippen LogP contribution < -0.4 is 14.8 Å². The maximum absolute atomic E-state index is 12.3. The molecule has 1 saturated carbocycles. The summed E-state index contributed by atoms with van der Waals surface area (Å²) in [6.45, 7) is 2.43. The van der Waals surface area contributed by atoms with E-state index < -0.39 is 12.6 Å². The van der Waals surface area contributed by atoms with Crippen LogP contribution in [0.3, 0.4) is 0 Å². The number of rotatable bonds is 10. The number of nitrogens with one attached hydrogen (secondary N) is 1. The van der Waals surface area contributed by atoms with Gasteiger partial charge in [0.1, 0.15) is 0 Å². The Labute approximate surface area is 148 Å². The fourth-order valence-electron chi connectivity index (χ4n) is 3.17. The Morgan fingerprint density at radius 1 is 1.20 bits per heavy atom. The number of carbonyl (C=O) groups is 2. The van der Waals surface area contributed by atoms with Gasteiger partial charge in [0, 0.05) is 12.1 Å². The molecule has 0 atom stereocenters. The smallest absolute Gasteiger partial charge is 0.341 e. The van der Waals surface area contributed by atoms with E-state index in [4.69, 9.17) is 14.6 Å². The Morgan fingerprint density at radius 2 is 1.96 bits per heavy atom. The molecule has 2 rings (SSSR count). The molecule has 0 unspecified atom stereocenters. The molecular weight excluding hydrogens is 322 g/mol. The van der Waals surface area contributed by atoms with Gasteiger partial charge in [0.2, 0.25) is 0 Å². The summed E-state index contributed by atoms with van der Waals surface area (Å²) < 4.78 is 10.6. The molecule has 138 valence electrons. The van der Waals surface area contributed by atoms with Crippen LogP contribution in [0, 0.1) is 5.92 Å². The van der Waals surface area contributed by atoms with Crippen molar-refractivity contribution < 1.29 is 24.2 Å². The Hall–Kier alpha value is -2.24. The van der Waals surface area contributed by atoms with Gasteiger partial charge in [-0.05, 0) is 43.9 Å². The summed E-state index contributed by atoms with van der Waals surface area (Å²) in [6, 6.07) is 4.78. The standard InChI is InChI=1S/C19H27NO5/c1-2-24-17-12-15(9-10-16(17)25-13-18(21)22)19(23)20-11-5-8-14-6-3-4-7-14/h9-10,12,14H,2-8,11,13H2,1H3,(H,20,23)(H,21,22). The van der Waals surface area contributed by atoms with Crippen molar-refractivity contribution in [3.63, 3.8) is 0 Å². The predicted molar refractivity (Wildman–Crippen MR) is 94.3 cm³/mol. The minimum Gasteiger partial charge on any atom is -0.490 e. The Morgan fingerprint density at radius 3 is 2.64 bits per heavy atom. The quantitative estimate of drug-likeness (QED) is 0.633. The molecule has 0 bridgehead atoms. The first kappa shape index (κ1) is 19.1. The molecule has 0 aromatic heterocycles. The monoisotopic (exact) mass is 349 g/mol. The van der Waals surface area contributed by atoms with Gasteiger partial charge in [0.25, 0.3) is 5.91 Å². The first-order valence-corrected chi connectivity index (χ1v) is 8.99. The van der Waals surface area contributed by atoms with Crippen LogP contribution in [0.1, 0.15) is 55.8 Å². The molecule has 6 nitrogen and oxygen atoms in total. The average molecular weight is 349 g/mol. The van der Waals surface area contributed by atoms with Gasteiger partial charge in [-0.25, -0.2) is 4.79 Å². The van der Waals surface area contributed by atoms with Crippen LogP contribution in [0.15, 0.2) is 18.2 Å². The predicted octanol–water partition coefficient (Wildman–Crippen LogP) is 3.25. The summed E-state index contributed by atoms with van der Waals surface area (Å²) >= 11 is 0. The highest BCUT2D eigenvalue weighted by Crippen LogP contribution is 2.29. The van der Waals surface area contributed by atoms with E-state index in [-0.39, 0.29) is 5.91 Å². The second-order valence-electron chi connectivity index (χ2n) is 6.33. The van der Waals surface area contributed by atoms with Crippen LogP contribution in [0.4, 0.5) is 0 Å².